The highest BCUT2D eigenvalue weighted by molar-refractivity contribution is 5.41. The van der Waals surface area contributed by atoms with Crippen molar-refractivity contribution in [1.82, 2.24) is 4.98 Å². The minimum absolute atomic E-state index is 0.409. The molecular formula is C6H9N3. The third-order valence-electron chi connectivity index (χ3n) is 1.12. The van der Waals surface area contributed by atoms with Gasteiger partial charge < -0.3 is 11.5 Å². The van der Waals surface area contributed by atoms with Gasteiger partial charge in [0.05, 0.1) is 11.4 Å². The van der Waals surface area contributed by atoms with Crippen molar-refractivity contribution in [3.05, 3.63) is 24.0 Å². The Morgan fingerprint density at radius 1 is 1.56 bits per heavy atom. The molecule has 0 aliphatic carbocycles. The maximum Gasteiger partial charge on any atom is 0.0768 e. The molecule has 0 spiro atoms. The number of nitrogens with two attached hydrogens (primary N) is 2. The van der Waals surface area contributed by atoms with Crippen LogP contribution in [0, 0.1) is 0 Å². The number of nitrogen functional groups attached to an aromatic ring is 1. The maximum atomic E-state index is 5.49. The summed E-state index contributed by atoms with van der Waals surface area (Å²) in [6.45, 7) is 0.409. The molecule has 9 heavy (non-hydrogen) atoms. The van der Waals surface area contributed by atoms with Crippen LogP contribution >= 0.6 is 0 Å². The van der Waals surface area contributed by atoms with E-state index >= 15 is 0 Å². The van der Waals surface area contributed by atoms with Gasteiger partial charge in [0.2, 0.25) is 0 Å². The van der Waals surface area contributed by atoms with Gasteiger partial charge in [0.1, 0.15) is 0 Å². The molecule has 1 heterocycles. The van der Waals surface area contributed by atoms with Gasteiger partial charge in [-0.3, -0.25) is 4.98 Å². The molecule has 3 heteroatoms. The van der Waals surface area contributed by atoms with E-state index in [1.165, 1.54) is 0 Å². The normalized spacial score (nSPS) is 9.44. The van der Waals surface area contributed by atoms with E-state index in [2.05, 4.69) is 4.98 Å². The van der Waals surface area contributed by atoms with E-state index in [0.717, 1.165) is 5.69 Å². The van der Waals surface area contributed by atoms with Crippen LogP contribution in [0.25, 0.3) is 0 Å². The van der Waals surface area contributed by atoms with Gasteiger partial charge in [-0.2, -0.15) is 0 Å². The second-order valence-electron chi connectivity index (χ2n) is 1.74. The summed E-state index contributed by atoms with van der Waals surface area (Å²) in [5.41, 5.74) is 12.2. The minimum Gasteiger partial charge on any atom is -0.397 e. The van der Waals surface area contributed by atoms with E-state index in [-0.39, 0.29) is 0 Å². The summed E-state index contributed by atoms with van der Waals surface area (Å²) in [6.07, 6.45) is 1.68. The van der Waals surface area contributed by atoms with Crippen LogP contribution in [-0.2, 0) is 6.54 Å². The zero-order valence-electron chi connectivity index (χ0n) is 5.04. The lowest BCUT2D eigenvalue weighted by Gasteiger charge is -1.97. The van der Waals surface area contributed by atoms with Crippen molar-refractivity contribution in [1.29, 1.82) is 0 Å². The molecule has 0 saturated heterocycles. The quantitative estimate of drug-likeness (QED) is 0.557. The molecule has 48 valence electrons. The number of nitrogens with zero attached hydrogens (tertiary/aromatic N) is 1. The van der Waals surface area contributed by atoms with Crippen LogP contribution in [0.2, 0.25) is 0 Å². The van der Waals surface area contributed by atoms with Crippen LogP contribution in [-0.4, -0.2) is 4.98 Å². The second-order valence-corrected chi connectivity index (χ2v) is 1.74. The molecule has 0 aromatic carbocycles. The lowest BCUT2D eigenvalue weighted by molar-refractivity contribution is 0.996. The molecule has 0 unspecified atom stereocenters. The molecule has 0 saturated carbocycles. The average Bonchev–Trinajstić information content (AvgIpc) is 1.89. The SMILES string of the molecule is NCc1ncccc1N. The van der Waals surface area contributed by atoms with Crippen molar-refractivity contribution < 1.29 is 0 Å². The molecule has 4 N–H and O–H groups in total. The number of hydrogen-bond donors (Lipinski definition) is 2. The van der Waals surface area contributed by atoms with Crippen LogP contribution in [0.3, 0.4) is 0 Å². The Morgan fingerprint density at radius 2 is 2.33 bits per heavy atom. The van der Waals surface area contributed by atoms with Gasteiger partial charge in [-0.15, -0.1) is 0 Å². The molecule has 0 atom stereocenters. The van der Waals surface area contributed by atoms with Gasteiger partial charge in [-0.25, -0.2) is 0 Å². The summed E-state index contributed by atoms with van der Waals surface area (Å²) >= 11 is 0. The van der Waals surface area contributed by atoms with Crippen LogP contribution in [0.1, 0.15) is 5.69 Å². The number of pyridine rings is 1. The van der Waals surface area contributed by atoms with Crippen molar-refractivity contribution in [2.24, 2.45) is 5.73 Å². The van der Waals surface area contributed by atoms with Crippen molar-refractivity contribution in [2.75, 3.05) is 5.73 Å². The van der Waals surface area contributed by atoms with Gasteiger partial charge in [-0.05, 0) is 12.1 Å². The van der Waals surface area contributed by atoms with E-state index < -0.39 is 0 Å². The standard InChI is InChI=1S/C6H9N3/c7-4-6-5(8)2-1-3-9-6/h1-3H,4,7-8H2. The molecule has 1 aromatic rings. The first-order chi connectivity index (χ1) is 4.34. The topological polar surface area (TPSA) is 64.9 Å². The Labute approximate surface area is 53.7 Å². The summed E-state index contributed by atoms with van der Waals surface area (Å²) in [5, 5.41) is 0. The lowest BCUT2D eigenvalue weighted by Crippen LogP contribution is -2.03. The van der Waals surface area contributed by atoms with E-state index in [0.29, 0.717) is 12.2 Å². The van der Waals surface area contributed by atoms with Crippen LogP contribution in [0.4, 0.5) is 5.69 Å². The fourth-order valence-electron chi connectivity index (χ4n) is 0.621. The molecular weight excluding hydrogens is 114 g/mol. The smallest absolute Gasteiger partial charge is 0.0768 e. The fourth-order valence-corrected chi connectivity index (χ4v) is 0.621. The highest BCUT2D eigenvalue weighted by Gasteiger charge is 1.92. The van der Waals surface area contributed by atoms with Gasteiger partial charge in [0, 0.05) is 12.7 Å². The molecule has 0 aliphatic rings. The number of aromatic nitrogens is 1. The summed E-state index contributed by atoms with van der Waals surface area (Å²) < 4.78 is 0. The summed E-state index contributed by atoms with van der Waals surface area (Å²) in [7, 11) is 0. The number of hydrogen-bond acceptors (Lipinski definition) is 3. The first-order valence-corrected chi connectivity index (χ1v) is 2.74. The van der Waals surface area contributed by atoms with E-state index in [4.69, 9.17) is 11.5 Å². The molecule has 0 fully saturated rings. The van der Waals surface area contributed by atoms with E-state index in [1.54, 1.807) is 18.3 Å². The highest BCUT2D eigenvalue weighted by atomic mass is 14.8. The summed E-state index contributed by atoms with van der Waals surface area (Å²) in [4.78, 5) is 3.95. The Hall–Kier alpha value is -1.09. The predicted octanol–water partition coefficient (Wildman–Crippen LogP) is 0.122. The van der Waals surface area contributed by atoms with Crippen molar-refractivity contribution in [3.63, 3.8) is 0 Å². The van der Waals surface area contributed by atoms with Crippen LogP contribution < -0.4 is 11.5 Å². The Kier molecular flexibility index (Phi) is 1.65. The zero-order valence-corrected chi connectivity index (χ0v) is 5.04. The monoisotopic (exact) mass is 123 g/mol. The molecule has 1 rings (SSSR count). The van der Waals surface area contributed by atoms with Gasteiger partial charge in [0.25, 0.3) is 0 Å². The second kappa shape index (κ2) is 2.46. The van der Waals surface area contributed by atoms with Crippen molar-refractivity contribution >= 4 is 5.69 Å². The number of rotatable bonds is 1. The maximum absolute atomic E-state index is 5.49. The number of anilines is 1. The average molecular weight is 123 g/mol. The van der Waals surface area contributed by atoms with Crippen LogP contribution in [0.15, 0.2) is 18.3 Å². The lowest BCUT2D eigenvalue weighted by atomic mass is 10.3. The molecule has 1 aromatic heterocycles. The largest absolute Gasteiger partial charge is 0.397 e. The molecule has 0 radical (unpaired) electrons. The van der Waals surface area contributed by atoms with Gasteiger partial charge in [-0.1, -0.05) is 0 Å². The Morgan fingerprint density at radius 3 is 2.78 bits per heavy atom. The first-order valence-electron chi connectivity index (χ1n) is 2.74. The summed E-state index contributed by atoms with van der Waals surface area (Å²) in [6, 6.07) is 3.57. The molecule has 0 amide bonds. The zero-order chi connectivity index (χ0) is 6.69. The molecule has 3 nitrogen and oxygen atoms in total. The van der Waals surface area contributed by atoms with Gasteiger partial charge in [0.15, 0.2) is 0 Å². The third-order valence-corrected chi connectivity index (χ3v) is 1.12. The van der Waals surface area contributed by atoms with E-state index in [9.17, 15) is 0 Å². The minimum atomic E-state index is 0.409. The molecule has 0 aliphatic heterocycles. The predicted molar refractivity (Wildman–Crippen MR) is 36.5 cm³/mol. The fraction of sp³-hybridized carbons (Fsp3) is 0.167. The third kappa shape index (κ3) is 1.17. The Bertz CT molecular complexity index is 197. The first kappa shape index (κ1) is 6.04. The molecule has 0 bridgehead atoms. The van der Waals surface area contributed by atoms with Crippen molar-refractivity contribution in [3.8, 4) is 0 Å². The van der Waals surface area contributed by atoms with E-state index in [1.807, 2.05) is 0 Å². The van der Waals surface area contributed by atoms with Gasteiger partial charge >= 0.3 is 0 Å². The Balaban J connectivity index is 3.01. The van der Waals surface area contributed by atoms with Crippen LogP contribution in [0.5, 0.6) is 0 Å². The summed E-state index contributed by atoms with van der Waals surface area (Å²) in [5.74, 6) is 0. The highest BCUT2D eigenvalue weighted by Crippen LogP contribution is 2.03. The van der Waals surface area contributed by atoms with Crippen molar-refractivity contribution in [2.45, 2.75) is 6.54 Å².